The number of carbonyl (C=O) groups excluding carboxylic acids is 2. The molecule has 0 aliphatic carbocycles. The van der Waals surface area contributed by atoms with E-state index in [2.05, 4.69) is 5.32 Å². The summed E-state index contributed by atoms with van der Waals surface area (Å²) in [5.74, 6) is -1.07. The van der Waals surface area contributed by atoms with E-state index in [-0.39, 0.29) is 11.4 Å². The first-order valence-corrected chi connectivity index (χ1v) is 8.68. The van der Waals surface area contributed by atoms with Crippen LogP contribution in [-0.2, 0) is 14.3 Å². The van der Waals surface area contributed by atoms with Crippen molar-refractivity contribution in [2.45, 2.75) is 32.5 Å². The van der Waals surface area contributed by atoms with E-state index in [4.69, 9.17) is 21.1 Å². The summed E-state index contributed by atoms with van der Waals surface area (Å²) in [5, 5.41) is 13.9. The molecule has 0 unspecified atom stereocenters. The lowest BCUT2D eigenvalue weighted by Crippen LogP contribution is -2.43. The molecule has 0 aliphatic rings. The maximum absolute atomic E-state index is 12.4. The van der Waals surface area contributed by atoms with Crippen LogP contribution in [0.1, 0.15) is 20.8 Å². The van der Waals surface area contributed by atoms with E-state index >= 15 is 0 Å². The summed E-state index contributed by atoms with van der Waals surface area (Å²) in [6, 6.07) is 12.1. The minimum Gasteiger partial charge on any atom is -0.476 e. The first-order chi connectivity index (χ1) is 13.1. The topological polar surface area (TPSA) is 108 Å². The SMILES string of the molecule is C[C@@H](OC(=O)C(C)(C)Oc1ccc(Cl)cc1)C(=O)Nc1ccccc1[N+](=O)[O-]. The Bertz CT molecular complexity index is 882. The van der Waals surface area contributed by atoms with Gasteiger partial charge in [0, 0.05) is 11.1 Å². The number of benzene rings is 2. The fourth-order valence-electron chi connectivity index (χ4n) is 2.17. The molecule has 9 heteroatoms. The molecule has 1 atom stereocenters. The number of ether oxygens (including phenoxy) is 2. The summed E-state index contributed by atoms with van der Waals surface area (Å²) in [6.07, 6.45) is -1.19. The monoisotopic (exact) mass is 406 g/mol. The van der Waals surface area contributed by atoms with Gasteiger partial charge in [-0.2, -0.15) is 0 Å². The minimum atomic E-state index is -1.37. The normalized spacial score (nSPS) is 12.0. The lowest BCUT2D eigenvalue weighted by atomic mass is 10.1. The smallest absolute Gasteiger partial charge is 0.350 e. The molecule has 2 aromatic carbocycles. The second-order valence-electron chi connectivity index (χ2n) is 6.38. The number of amides is 1. The van der Waals surface area contributed by atoms with Crippen molar-refractivity contribution >= 4 is 34.9 Å². The molecule has 8 nitrogen and oxygen atoms in total. The number of nitrogens with zero attached hydrogens (tertiary/aromatic N) is 1. The molecule has 0 radical (unpaired) electrons. The Morgan fingerprint density at radius 2 is 1.75 bits per heavy atom. The number of hydrogen-bond acceptors (Lipinski definition) is 6. The summed E-state index contributed by atoms with van der Waals surface area (Å²) in [5.41, 5.74) is -1.63. The first kappa shape index (κ1) is 21.2. The summed E-state index contributed by atoms with van der Waals surface area (Å²) in [4.78, 5) is 35.1. The van der Waals surface area contributed by atoms with Crippen LogP contribution in [0, 0.1) is 10.1 Å². The van der Waals surface area contributed by atoms with E-state index in [9.17, 15) is 19.7 Å². The maximum atomic E-state index is 12.4. The van der Waals surface area contributed by atoms with Crippen LogP contribution in [0.2, 0.25) is 5.02 Å². The molecule has 148 valence electrons. The van der Waals surface area contributed by atoms with Gasteiger partial charge in [-0.05, 0) is 51.1 Å². The lowest BCUT2D eigenvalue weighted by Gasteiger charge is -2.26. The molecule has 0 aromatic heterocycles. The summed E-state index contributed by atoms with van der Waals surface area (Å²) < 4.78 is 10.8. The molecule has 0 aliphatic heterocycles. The maximum Gasteiger partial charge on any atom is 0.350 e. The minimum absolute atomic E-state index is 0.0112. The number of para-hydroxylation sites is 2. The highest BCUT2D eigenvalue weighted by Crippen LogP contribution is 2.24. The van der Waals surface area contributed by atoms with Gasteiger partial charge in [0.15, 0.2) is 11.7 Å². The van der Waals surface area contributed by atoms with E-state index in [0.717, 1.165) is 0 Å². The Balaban J connectivity index is 2.01. The molecule has 0 saturated carbocycles. The third kappa shape index (κ3) is 5.43. The molecule has 0 spiro atoms. The van der Waals surface area contributed by atoms with Gasteiger partial charge < -0.3 is 14.8 Å². The molecular formula is C19H19ClN2O6. The quantitative estimate of drug-likeness (QED) is 0.423. The average molecular weight is 407 g/mol. The van der Waals surface area contributed by atoms with Gasteiger partial charge in [0.25, 0.3) is 11.6 Å². The van der Waals surface area contributed by atoms with E-state index in [0.29, 0.717) is 10.8 Å². The average Bonchev–Trinajstić information content (AvgIpc) is 2.63. The highest BCUT2D eigenvalue weighted by atomic mass is 35.5. The Morgan fingerprint density at radius 1 is 1.14 bits per heavy atom. The predicted octanol–water partition coefficient (Wildman–Crippen LogP) is 3.98. The molecule has 1 N–H and O–H groups in total. The van der Waals surface area contributed by atoms with Crippen molar-refractivity contribution in [3.63, 3.8) is 0 Å². The van der Waals surface area contributed by atoms with Crippen LogP contribution in [-0.4, -0.2) is 28.5 Å². The molecular weight excluding hydrogens is 388 g/mol. The van der Waals surface area contributed by atoms with Crippen LogP contribution in [0.5, 0.6) is 5.75 Å². The van der Waals surface area contributed by atoms with Crippen LogP contribution in [0.3, 0.4) is 0 Å². The van der Waals surface area contributed by atoms with Gasteiger partial charge in [0.1, 0.15) is 11.4 Å². The van der Waals surface area contributed by atoms with Gasteiger partial charge in [-0.15, -0.1) is 0 Å². The van der Waals surface area contributed by atoms with E-state index < -0.39 is 28.5 Å². The summed E-state index contributed by atoms with van der Waals surface area (Å²) in [7, 11) is 0. The highest BCUT2D eigenvalue weighted by molar-refractivity contribution is 6.30. The van der Waals surface area contributed by atoms with Gasteiger partial charge in [-0.3, -0.25) is 14.9 Å². The lowest BCUT2D eigenvalue weighted by molar-refractivity contribution is -0.383. The van der Waals surface area contributed by atoms with E-state index in [1.807, 2.05) is 0 Å². The zero-order valence-corrected chi connectivity index (χ0v) is 16.2. The van der Waals surface area contributed by atoms with Gasteiger partial charge in [-0.1, -0.05) is 23.7 Å². The van der Waals surface area contributed by atoms with Crippen LogP contribution >= 0.6 is 11.6 Å². The van der Waals surface area contributed by atoms with Crippen molar-refractivity contribution in [2.24, 2.45) is 0 Å². The standard InChI is InChI=1S/C19H19ClN2O6/c1-12(17(23)21-15-6-4-5-7-16(15)22(25)26)27-18(24)19(2,3)28-14-10-8-13(20)9-11-14/h4-12H,1-3H3,(H,21,23)/t12-/m1/s1. The molecule has 2 rings (SSSR count). The molecule has 0 heterocycles. The number of halogens is 1. The van der Waals surface area contributed by atoms with Crippen molar-refractivity contribution in [3.05, 3.63) is 63.7 Å². The van der Waals surface area contributed by atoms with Crippen molar-refractivity contribution in [1.29, 1.82) is 0 Å². The second kappa shape index (κ2) is 8.71. The zero-order chi connectivity index (χ0) is 20.9. The number of nitrogens with one attached hydrogen (secondary N) is 1. The number of nitro benzene ring substituents is 1. The number of hydrogen-bond donors (Lipinski definition) is 1. The van der Waals surface area contributed by atoms with Crippen LogP contribution in [0.4, 0.5) is 11.4 Å². The van der Waals surface area contributed by atoms with Crippen molar-refractivity contribution < 1.29 is 24.0 Å². The number of rotatable bonds is 7. The Hall–Kier alpha value is -3.13. The predicted molar refractivity (Wildman–Crippen MR) is 103 cm³/mol. The number of nitro groups is 1. The fraction of sp³-hybridized carbons (Fsp3) is 0.263. The molecule has 1 amide bonds. The van der Waals surface area contributed by atoms with Crippen LogP contribution in [0.25, 0.3) is 0 Å². The van der Waals surface area contributed by atoms with Gasteiger partial charge in [0.2, 0.25) is 0 Å². The number of anilines is 1. The fourth-order valence-corrected chi connectivity index (χ4v) is 2.29. The van der Waals surface area contributed by atoms with E-state index in [1.54, 1.807) is 30.3 Å². The zero-order valence-electron chi connectivity index (χ0n) is 15.5. The first-order valence-electron chi connectivity index (χ1n) is 8.30. The summed E-state index contributed by atoms with van der Waals surface area (Å²) in [6.45, 7) is 4.35. The van der Waals surface area contributed by atoms with E-state index in [1.165, 1.54) is 39.0 Å². The second-order valence-corrected chi connectivity index (χ2v) is 6.81. The highest BCUT2D eigenvalue weighted by Gasteiger charge is 2.34. The third-order valence-electron chi connectivity index (χ3n) is 3.69. The molecule has 2 aromatic rings. The molecule has 0 fully saturated rings. The molecule has 0 saturated heterocycles. The molecule has 28 heavy (non-hydrogen) atoms. The Morgan fingerprint density at radius 3 is 2.36 bits per heavy atom. The van der Waals surface area contributed by atoms with Crippen molar-refractivity contribution in [1.82, 2.24) is 0 Å². The van der Waals surface area contributed by atoms with Gasteiger partial charge in [-0.25, -0.2) is 4.79 Å². The largest absolute Gasteiger partial charge is 0.476 e. The van der Waals surface area contributed by atoms with Crippen molar-refractivity contribution in [3.8, 4) is 5.75 Å². The number of carbonyl (C=O) groups is 2. The third-order valence-corrected chi connectivity index (χ3v) is 3.94. The Labute approximate surface area is 166 Å². The van der Waals surface area contributed by atoms with Crippen LogP contribution in [0.15, 0.2) is 48.5 Å². The van der Waals surface area contributed by atoms with Crippen LogP contribution < -0.4 is 10.1 Å². The Kier molecular flexibility index (Phi) is 6.58. The van der Waals surface area contributed by atoms with Gasteiger partial charge >= 0.3 is 5.97 Å². The molecule has 0 bridgehead atoms. The van der Waals surface area contributed by atoms with Crippen molar-refractivity contribution in [2.75, 3.05) is 5.32 Å². The van der Waals surface area contributed by atoms with Gasteiger partial charge in [0.05, 0.1) is 4.92 Å². The summed E-state index contributed by atoms with van der Waals surface area (Å²) >= 11 is 5.81. The number of esters is 1.